The molecule has 1 aliphatic heterocycles. The molecule has 0 radical (unpaired) electrons. The van der Waals surface area contributed by atoms with Crippen LogP contribution in [0.4, 0.5) is 11.4 Å². The topological polar surface area (TPSA) is 75.8 Å². The van der Waals surface area contributed by atoms with Gasteiger partial charge in [0.05, 0.1) is 18.1 Å². The number of benzene rings is 1. The molecule has 1 aromatic carbocycles. The van der Waals surface area contributed by atoms with Crippen molar-refractivity contribution in [1.82, 2.24) is 0 Å². The van der Waals surface area contributed by atoms with E-state index < -0.39 is 0 Å². The van der Waals surface area contributed by atoms with Gasteiger partial charge in [0, 0.05) is 0 Å². The van der Waals surface area contributed by atoms with E-state index in [9.17, 15) is 10.5 Å². The fourth-order valence-electron chi connectivity index (χ4n) is 2.26. The number of fused-ring (bicyclic) bond motifs is 1. The van der Waals surface area contributed by atoms with Crippen LogP contribution in [0.25, 0.3) is 0 Å². The lowest BCUT2D eigenvalue weighted by atomic mass is 10.1. The van der Waals surface area contributed by atoms with Crippen molar-refractivity contribution in [2.45, 2.75) is 6.92 Å². The number of hydrogen-bond acceptors (Lipinski definition) is 4. The first-order valence-corrected chi connectivity index (χ1v) is 6.71. The Bertz CT molecular complexity index is 878. The average molecular weight is 286 g/mol. The first-order chi connectivity index (χ1) is 10.7. The highest BCUT2D eigenvalue weighted by Gasteiger charge is 2.29. The molecule has 0 aliphatic carbocycles. The summed E-state index contributed by atoms with van der Waals surface area (Å²) in [5.41, 5.74) is 3.02. The fraction of sp³-hybridized carbons (Fsp3) is 0.0588. The van der Waals surface area contributed by atoms with Gasteiger partial charge in [-0.3, -0.25) is 0 Å². The van der Waals surface area contributed by atoms with Crippen molar-refractivity contribution < 1.29 is 4.57 Å². The maximum atomic E-state index is 9.21. The Morgan fingerprint density at radius 2 is 1.91 bits per heavy atom. The van der Waals surface area contributed by atoms with Crippen LogP contribution in [0.5, 0.6) is 0 Å². The normalized spacial score (nSPS) is 12.3. The number of allylic oxidation sites excluding steroid dienone is 2. The van der Waals surface area contributed by atoms with E-state index in [0.717, 1.165) is 16.9 Å². The van der Waals surface area contributed by atoms with Crippen LogP contribution >= 0.6 is 0 Å². The van der Waals surface area contributed by atoms with Gasteiger partial charge in [-0.2, -0.15) is 10.5 Å². The summed E-state index contributed by atoms with van der Waals surface area (Å²) >= 11 is 0. The summed E-state index contributed by atoms with van der Waals surface area (Å²) in [5, 5.41) is 21.6. The zero-order valence-corrected chi connectivity index (χ0v) is 11.9. The smallest absolute Gasteiger partial charge is 0.343 e. The number of hydrogen-bond donors (Lipinski definition) is 1. The van der Waals surface area contributed by atoms with Crippen LogP contribution in [-0.4, -0.2) is 5.84 Å². The minimum absolute atomic E-state index is 0.00209. The minimum atomic E-state index is 0.00209. The lowest BCUT2D eigenvalue weighted by Crippen LogP contribution is -2.46. The van der Waals surface area contributed by atoms with Crippen molar-refractivity contribution in [3.63, 3.8) is 0 Å². The summed E-state index contributed by atoms with van der Waals surface area (Å²) in [4.78, 5) is 4.61. The van der Waals surface area contributed by atoms with Crippen molar-refractivity contribution >= 4 is 17.2 Å². The Morgan fingerprint density at radius 3 is 2.64 bits per heavy atom. The van der Waals surface area contributed by atoms with Gasteiger partial charge >= 0.3 is 5.84 Å². The Morgan fingerprint density at radius 1 is 1.14 bits per heavy atom. The summed E-state index contributed by atoms with van der Waals surface area (Å²) in [5.74, 6) is 0.528. The highest BCUT2D eigenvalue weighted by Crippen LogP contribution is 2.30. The van der Waals surface area contributed by atoms with E-state index in [4.69, 9.17) is 0 Å². The SMILES string of the molecule is Cc1ccc[n+](C2=Nc3ccccc3NC2=C(C#N)C#N)c1. The molecule has 0 saturated heterocycles. The predicted molar refractivity (Wildman–Crippen MR) is 82.2 cm³/mol. The molecule has 1 aromatic heterocycles. The van der Waals surface area contributed by atoms with Crippen molar-refractivity contribution in [2.24, 2.45) is 4.99 Å². The fourth-order valence-corrected chi connectivity index (χ4v) is 2.26. The molecular formula is C17H12N5+. The van der Waals surface area contributed by atoms with Crippen molar-refractivity contribution in [2.75, 3.05) is 5.32 Å². The summed E-state index contributed by atoms with van der Waals surface area (Å²) in [6, 6.07) is 15.2. The van der Waals surface area contributed by atoms with Gasteiger partial charge in [0.25, 0.3) is 0 Å². The second kappa shape index (κ2) is 5.51. The third kappa shape index (κ3) is 2.32. The highest BCUT2D eigenvalue weighted by atomic mass is 15.1. The molecule has 0 bridgehead atoms. The molecule has 0 spiro atoms. The second-order valence-corrected chi connectivity index (χ2v) is 4.84. The van der Waals surface area contributed by atoms with Crippen LogP contribution in [0.15, 0.2) is 65.1 Å². The molecule has 0 amide bonds. The van der Waals surface area contributed by atoms with Crippen molar-refractivity contribution in [1.29, 1.82) is 10.5 Å². The molecule has 0 fully saturated rings. The Hall–Kier alpha value is -3.44. The summed E-state index contributed by atoms with van der Waals surface area (Å²) < 4.78 is 1.81. The standard InChI is InChI=1S/C17H12N5/c1-12-5-4-8-22(11-12)17-16(13(9-18)10-19)20-14-6-2-3-7-15(14)21-17/h2-8,11,20H,1H3/q+1. The monoisotopic (exact) mass is 286 g/mol. The molecule has 2 aromatic rings. The molecule has 104 valence electrons. The van der Waals surface area contributed by atoms with Crippen LogP contribution in [0, 0.1) is 29.6 Å². The molecule has 0 atom stereocenters. The van der Waals surface area contributed by atoms with Gasteiger partial charge in [-0.15, -0.1) is 0 Å². The van der Waals surface area contributed by atoms with E-state index in [-0.39, 0.29) is 5.57 Å². The number of aryl methyl sites for hydroxylation is 1. The van der Waals surface area contributed by atoms with E-state index in [2.05, 4.69) is 10.3 Å². The first kappa shape index (κ1) is 13.5. The van der Waals surface area contributed by atoms with E-state index in [1.807, 2.05) is 72.4 Å². The number of nitrogens with one attached hydrogen (secondary N) is 1. The van der Waals surface area contributed by atoms with Gasteiger partial charge in [-0.1, -0.05) is 18.2 Å². The van der Waals surface area contributed by atoms with Gasteiger partial charge in [0.1, 0.15) is 12.1 Å². The third-order valence-corrected chi connectivity index (χ3v) is 3.28. The van der Waals surface area contributed by atoms with Gasteiger partial charge in [0.2, 0.25) is 0 Å². The van der Waals surface area contributed by atoms with E-state index in [1.54, 1.807) is 0 Å². The van der Waals surface area contributed by atoms with Crippen molar-refractivity contribution in [3.8, 4) is 12.1 Å². The van der Waals surface area contributed by atoms with Crippen LogP contribution in [-0.2, 0) is 0 Å². The zero-order valence-electron chi connectivity index (χ0n) is 11.9. The first-order valence-electron chi connectivity index (χ1n) is 6.71. The van der Waals surface area contributed by atoms with Gasteiger partial charge < -0.3 is 5.32 Å². The maximum absolute atomic E-state index is 9.21. The number of nitriles is 2. The number of aromatic nitrogens is 1. The van der Waals surface area contributed by atoms with Crippen LogP contribution < -0.4 is 9.88 Å². The molecule has 1 N–H and O–H groups in total. The molecule has 2 heterocycles. The minimum Gasteiger partial charge on any atom is -0.343 e. The van der Waals surface area contributed by atoms with Crippen LogP contribution in [0.3, 0.4) is 0 Å². The molecule has 0 unspecified atom stereocenters. The lowest BCUT2D eigenvalue weighted by Gasteiger charge is -2.14. The van der Waals surface area contributed by atoms with E-state index in [1.165, 1.54) is 0 Å². The zero-order chi connectivity index (χ0) is 15.5. The van der Waals surface area contributed by atoms with Gasteiger partial charge in [-0.05, 0) is 35.7 Å². The summed E-state index contributed by atoms with van der Waals surface area (Å²) in [6.07, 6.45) is 3.74. The molecule has 3 rings (SSSR count). The van der Waals surface area contributed by atoms with Gasteiger partial charge in [-0.25, -0.2) is 4.57 Å². The van der Waals surface area contributed by atoms with Crippen molar-refractivity contribution in [3.05, 3.63) is 65.6 Å². The largest absolute Gasteiger partial charge is 0.354 e. The maximum Gasteiger partial charge on any atom is 0.354 e. The lowest BCUT2D eigenvalue weighted by molar-refractivity contribution is -0.555. The van der Waals surface area contributed by atoms with E-state index in [0.29, 0.717) is 11.5 Å². The van der Waals surface area contributed by atoms with Crippen LogP contribution in [0.1, 0.15) is 5.56 Å². The Kier molecular flexibility index (Phi) is 3.39. The number of rotatable bonds is 0. The summed E-state index contributed by atoms with van der Waals surface area (Å²) in [6.45, 7) is 1.97. The van der Waals surface area contributed by atoms with E-state index >= 15 is 0 Å². The van der Waals surface area contributed by atoms with Crippen LogP contribution in [0.2, 0.25) is 0 Å². The highest BCUT2D eigenvalue weighted by molar-refractivity contribution is 6.02. The molecule has 1 aliphatic rings. The number of aliphatic imine (C=N–C) groups is 1. The molecule has 5 heteroatoms. The molecular weight excluding hydrogens is 274 g/mol. The number of anilines is 1. The van der Waals surface area contributed by atoms with Gasteiger partial charge in [0.15, 0.2) is 17.0 Å². The average Bonchev–Trinajstić information content (AvgIpc) is 2.55. The number of pyridine rings is 1. The Balaban J connectivity index is 2.27. The quantitative estimate of drug-likeness (QED) is 0.597. The second-order valence-electron chi connectivity index (χ2n) is 4.84. The molecule has 5 nitrogen and oxygen atoms in total. The third-order valence-electron chi connectivity index (χ3n) is 3.28. The Labute approximate surface area is 128 Å². The molecule has 22 heavy (non-hydrogen) atoms. The number of nitrogens with zero attached hydrogens (tertiary/aromatic N) is 4. The number of para-hydroxylation sites is 2. The summed E-state index contributed by atoms with van der Waals surface area (Å²) in [7, 11) is 0. The predicted octanol–water partition coefficient (Wildman–Crippen LogP) is 2.59. The molecule has 0 saturated carbocycles.